The van der Waals surface area contributed by atoms with Gasteiger partial charge in [0.25, 0.3) is 0 Å². The lowest BCUT2D eigenvalue weighted by Gasteiger charge is -2.20. The molecule has 0 aromatic heterocycles. The Morgan fingerprint density at radius 3 is 2.24 bits per heavy atom. The van der Waals surface area contributed by atoms with Crippen molar-refractivity contribution in [2.24, 2.45) is 0 Å². The summed E-state index contributed by atoms with van der Waals surface area (Å²) in [5, 5.41) is 14.9. The van der Waals surface area contributed by atoms with Crippen LogP contribution in [0.5, 0.6) is 0 Å². The van der Waals surface area contributed by atoms with Crippen molar-refractivity contribution in [3.63, 3.8) is 0 Å². The van der Waals surface area contributed by atoms with Crippen LogP contribution in [0.3, 0.4) is 0 Å². The van der Waals surface area contributed by atoms with Gasteiger partial charge in [-0.2, -0.15) is 0 Å². The Morgan fingerprint density at radius 2 is 1.71 bits per heavy atom. The van der Waals surface area contributed by atoms with Crippen LogP contribution in [-0.2, 0) is 10.2 Å². The van der Waals surface area contributed by atoms with E-state index in [1.165, 1.54) is 12.8 Å². The zero-order chi connectivity index (χ0) is 15.5. The molecule has 0 spiro atoms. The fourth-order valence-corrected chi connectivity index (χ4v) is 2.52. The molecule has 1 fully saturated rings. The van der Waals surface area contributed by atoms with Crippen molar-refractivity contribution in [3.05, 3.63) is 29.8 Å². The van der Waals surface area contributed by atoms with Crippen LogP contribution in [0.1, 0.15) is 45.1 Å². The lowest BCUT2D eigenvalue weighted by molar-refractivity contribution is -0.142. The molecule has 0 saturated heterocycles. The van der Waals surface area contributed by atoms with E-state index in [0.29, 0.717) is 11.3 Å². The molecule has 3 N–H and O–H groups in total. The van der Waals surface area contributed by atoms with E-state index in [9.17, 15) is 14.7 Å². The quantitative estimate of drug-likeness (QED) is 0.797. The zero-order valence-corrected chi connectivity index (χ0v) is 12.5. The molecule has 1 saturated carbocycles. The van der Waals surface area contributed by atoms with Crippen LogP contribution < -0.4 is 10.6 Å². The van der Waals surface area contributed by atoms with Crippen LogP contribution in [0, 0.1) is 0 Å². The summed E-state index contributed by atoms with van der Waals surface area (Å²) in [6.07, 6.45) is 4.42. The second kappa shape index (κ2) is 6.16. The number of carbonyl (C=O) groups excluding carboxylic acids is 1. The number of urea groups is 1. The first-order valence-corrected chi connectivity index (χ1v) is 7.31. The number of aliphatic carboxylic acids is 1. The largest absolute Gasteiger partial charge is 0.481 e. The first kappa shape index (κ1) is 15.4. The van der Waals surface area contributed by atoms with E-state index in [-0.39, 0.29) is 12.1 Å². The summed E-state index contributed by atoms with van der Waals surface area (Å²) in [5.74, 6) is -0.873. The maximum atomic E-state index is 11.8. The summed E-state index contributed by atoms with van der Waals surface area (Å²) < 4.78 is 0. The predicted molar refractivity (Wildman–Crippen MR) is 81.5 cm³/mol. The van der Waals surface area contributed by atoms with Gasteiger partial charge in [0.05, 0.1) is 5.41 Å². The molecule has 1 aliphatic rings. The van der Waals surface area contributed by atoms with Gasteiger partial charge in [-0.05, 0) is 44.4 Å². The van der Waals surface area contributed by atoms with Crippen molar-refractivity contribution >= 4 is 17.7 Å². The number of anilines is 1. The minimum Gasteiger partial charge on any atom is -0.481 e. The third-order valence-corrected chi connectivity index (χ3v) is 4.09. The number of hydrogen-bond donors (Lipinski definition) is 3. The molecule has 0 radical (unpaired) electrons. The van der Waals surface area contributed by atoms with Crippen molar-refractivity contribution in [2.75, 3.05) is 5.32 Å². The van der Waals surface area contributed by atoms with Crippen LogP contribution >= 0.6 is 0 Å². The fourth-order valence-electron chi connectivity index (χ4n) is 2.52. The van der Waals surface area contributed by atoms with Gasteiger partial charge < -0.3 is 15.7 Å². The van der Waals surface area contributed by atoms with E-state index < -0.39 is 11.4 Å². The monoisotopic (exact) mass is 290 g/mol. The summed E-state index contributed by atoms with van der Waals surface area (Å²) in [4.78, 5) is 23.0. The number of carbonyl (C=O) groups is 2. The van der Waals surface area contributed by atoms with Gasteiger partial charge in [0.1, 0.15) is 0 Å². The molecule has 5 heteroatoms. The lowest BCUT2D eigenvalue weighted by atomic mass is 9.85. The highest BCUT2D eigenvalue weighted by molar-refractivity contribution is 5.89. The number of carboxylic acids is 1. The van der Waals surface area contributed by atoms with Gasteiger partial charge in [0, 0.05) is 11.7 Å². The standard InChI is InChI=1S/C16H22N2O3/c1-16(2,14(19)20)11-7-9-13(10-8-11)18-15(21)17-12-5-3-4-6-12/h7-10,12H,3-6H2,1-2H3,(H,19,20)(H2,17,18,21). The third kappa shape index (κ3) is 3.74. The molecule has 1 aliphatic carbocycles. The molecule has 5 nitrogen and oxygen atoms in total. The van der Waals surface area contributed by atoms with Crippen LogP contribution in [0.4, 0.5) is 10.5 Å². The summed E-state index contributed by atoms with van der Waals surface area (Å²) in [7, 11) is 0. The summed E-state index contributed by atoms with van der Waals surface area (Å²) in [6.45, 7) is 3.31. The van der Waals surface area contributed by atoms with E-state index in [0.717, 1.165) is 12.8 Å². The minimum atomic E-state index is -0.940. The lowest BCUT2D eigenvalue weighted by Crippen LogP contribution is -2.36. The van der Waals surface area contributed by atoms with Crippen molar-refractivity contribution in [3.8, 4) is 0 Å². The Labute approximate surface area is 124 Å². The second-order valence-corrected chi connectivity index (χ2v) is 6.09. The minimum absolute atomic E-state index is 0.202. The molecule has 1 aromatic carbocycles. The van der Waals surface area contributed by atoms with Gasteiger partial charge in [-0.25, -0.2) is 4.79 Å². The van der Waals surface area contributed by atoms with E-state index in [2.05, 4.69) is 10.6 Å². The van der Waals surface area contributed by atoms with Crippen LogP contribution in [0.2, 0.25) is 0 Å². The molecule has 0 aliphatic heterocycles. The third-order valence-electron chi connectivity index (χ3n) is 4.09. The molecule has 0 bridgehead atoms. The van der Waals surface area contributed by atoms with E-state index in [1.54, 1.807) is 38.1 Å². The molecule has 0 atom stereocenters. The highest BCUT2D eigenvalue weighted by Crippen LogP contribution is 2.25. The molecule has 0 unspecified atom stereocenters. The van der Waals surface area contributed by atoms with Crippen LogP contribution in [-0.4, -0.2) is 23.1 Å². The molecule has 2 amide bonds. The van der Waals surface area contributed by atoms with Crippen molar-refractivity contribution in [1.82, 2.24) is 5.32 Å². The van der Waals surface area contributed by atoms with Gasteiger partial charge in [-0.3, -0.25) is 4.79 Å². The number of hydrogen-bond acceptors (Lipinski definition) is 2. The Bertz CT molecular complexity index is 517. The van der Waals surface area contributed by atoms with Crippen molar-refractivity contribution < 1.29 is 14.7 Å². The van der Waals surface area contributed by atoms with Crippen LogP contribution in [0.25, 0.3) is 0 Å². The molecular formula is C16H22N2O3. The Balaban J connectivity index is 1.96. The topological polar surface area (TPSA) is 78.4 Å². The Morgan fingerprint density at radius 1 is 1.14 bits per heavy atom. The Hall–Kier alpha value is -2.04. The molecule has 1 aromatic rings. The van der Waals surface area contributed by atoms with Crippen LogP contribution in [0.15, 0.2) is 24.3 Å². The molecule has 114 valence electrons. The first-order chi connectivity index (χ1) is 9.89. The number of amides is 2. The maximum absolute atomic E-state index is 11.8. The zero-order valence-electron chi connectivity index (χ0n) is 12.5. The van der Waals surface area contributed by atoms with E-state index >= 15 is 0 Å². The van der Waals surface area contributed by atoms with Gasteiger partial charge in [0.15, 0.2) is 0 Å². The fraction of sp³-hybridized carbons (Fsp3) is 0.500. The van der Waals surface area contributed by atoms with Crippen molar-refractivity contribution in [2.45, 2.75) is 51.0 Å². The van der Waals surface area contributed by atoms with Gasteiger partial charge in [0.2, 0.25) is 0 Å². The van der Waals surface area contributed by atoms with Gasteiger partial charge in [-0.15, -0.1) is 0 Å². The molecule has 0 heterocycles. The van der Waals surface area contributed by atoms with E-state index in [4.69, 9.17) is 0 Å². The highest BCUT2D eigenvalue weighted by Gasteiger charge is 2.29. The van der Waals surface area contributed by atoms with Gasteiger partial charge in [-0.1, -0.05) is 25.0 Å². The molecule has 2 rings (SSSR count). The smallest absolute Gasteiger partial charge is 0.319 e. The molecular weight excluding hydrogens is 268 g/mol. The average molecular weight is 290 g/mol. The van der Waals surface area contributed by atoms with Gasteiger partial charge >= 0.3 is 12.0 Å². The number of carboxylic acid groups (broad SMARTS) is 1. The SMILES string of the molecule is CC(C)(C(=O)O)c1ccc(NC(=O)NC2CCCC2)cc1. The summed E-state index contributed by atoms with van der Waals surface area (Å²) >= 11 is 0. The number of rotatable bonds is 4. The second-order valence-electron chi connectivity index (χ2n) is 6.09. The summed E-state index contributed by atoms with van der Waals surface area (Å²) in [5.41, 5.74) is 0.428. The predicted octanol–water partition coefficient (Wildman–Crippen LogP) is 3.11. The normalized spacial score (nSPS) is 15.7. The maximum Gasteiger partial charge on any atom is 0.319 e. The average Bonchev–Trinajstić information content (AvgIpc) is 2.91. The Kier molecular flexibility index (Phi) is 4.50. The van der Waals surface area contributed by atoms with E-state index in [1.807, 2.05) is 0 Å². The molecule has 21 heavy (non-hydrogen) atoms. The highest BCUT2D eigenvalue weighted by atomic mass is 16.4. The number of benzene rings is 1. The number of nitrogens with one attached hydrogen (secondary N) is 2. The van der Waals surface area contributed by atoms with Crippen molar-refractivity contribution in [1.29, 1.82) is 0 Å². The summed E-state index contributed by atoms with van der Waals surface area (Å²) in [6, 6.07) is 7.00. The first-order valence-electron chi connectivity index (χ1n) is 7.31.